The van der Waals surface area contributed by atoms with Crippen molar-refractivity contribution in [1.29, 1.82) is 0 Å². The Labute approximate surface area is 165 Å². The fourth-order valence-electron chi connectivity index (χ4n) is 2.56. The number of hydrogen-bond donors (Lipinski definition) is 0. The molecule has 3 aromatic carbocycles. The van der Waals surface area contributed by atoms with E-state index in [2.05, 4.69) is 0 Å². The Hall–Kier alpha value is -2.10. The monoisotopic (exact) mass is 341 g/mol. The van der Waals surface area contributed by atoms with Crippen molar-refractivity contribution in [2.75, 3.05) is 0 Å². The first-order valence-corrected chi connectivity index (χ1v) is 7.92. The summed E-state index contributed by atoms with van der Waals surface area (Å²) in [6.07, 6.45) is 0. The van der Waals surface area contributed by atoms with Crippen molar-refractivity contribution in [1.82, 2.24) is 0 Å². The fourth-order valence-corrected chi connectivity index (χ4v) is 2.56. The molecule has 0 unspecified atom stereocenters. The molecule has 1 aliphatic heterocycles. The molecule has 1 fully saturated rings. The lowest BCUT2D eigenvalue weighted by molar-refractivity contribution is 0.00578. The van der Waals surface area contributed by atoms with Gasteiger partial charge in [-0.15, -0.1) is 0 Å². The second-order valence-corrected chi connectivity index (χ2v) is 6.88. The molecule has 0 N–H and O–H groups in total. The third-order valence-corrected chi connectivity index (χ3v) is 4.71. The van der Waals surface area contributed by atoms with E-state index >= 15 is 0 Å². The molecule has 0 amide bonds. The van der Waals surface area contributed by atoms with Crippen LogP contribution in [0.3, 0.4) is 0 Å². The highest BCUT2D eigenvalue weighted by molar-refractivity contribution is 6.65. The van der Waals surface area contributed by atoms with Gasteiger partial charge < -0.3 is 9.31 Å². The van der Waals surface area contributed by atoms with Crippen molar-refractivity contribution < 1.29 is 24.4 Å². The van der Waals surface area contributed by atoms with Crippen LogP contribution in [0.4, 0.5) is 0 Å². The standard InChI is InChI=1S/C22H23BO2/c1-21(2)22(3,4)25-23(24-21)20-12-8-11-18-15-17(13-14-19(18)20)16-9-6-5-7-10-16/h5-15H,1-4H3/i5D,6D,7D,8D,9D,10D,11D,12D,13D,14D,15D. The van der Waals surface area contributed by atoms with Gasteiger partial charge in [0.1, 0.15) is 0 Å². The van der Waals surface area contributed by atoms with E-state index in [-0.39, 0.29) is 16.2 Å². The summed E-state index contributed by atoms with van der Waals surface area (Å²) in [5, 5.41) is -0.408. The average molecular weight is 341 g/mol. The largest absolute Gasteiger partial charge is 0.495 e. The SMILES string of the molecule is [2H]c1c([2H])c([2H])c(-c2c([2H])c([2H])c3c(B4OC(C)(C)C(C)(C)O4)c([2H])c([2H])c([2H])c3c2[2H])c([2H])c1[2H]. The molecular formula is C22H23BO2. The zero-order chi connectivity index (χ0) is 27.2. The van der Waals surface area contributed by atoms with E-state index in [1.54, 1.807) is 27.7 Å². The van der Waals surface area contributed by atoms with Gasteiger partial charge in [-0.25, -0.2) is 0 Å². The summed E-state index contributed by atoms with van der Waals surface area (Å²) in [6, 6.07) is -6.51. The normalized spacial score (nSPS) is 24.8. The third-order valence-electron chi connectivity index (χ3n) is 4.71. The van der Waals surface area contributed by atoms with E-state index < -0.39 is 95.9 Å². The molecule has 3 aromatic rings. The number of rotatable bonds is 2. The number of benzene rings is 3. The summed E-state index contributed by atoms with van der Waals surface area (Å²) in [6.45, 7) is 7.12. The highest BCUT2D eigenvalue weighted by atomic mass is 16.7. The van der Waals surface area contributed by atoms with Gasteiger partial charge in [0.25, 0.3) is 0 Å². The molecule has 0 radical (unpaired) electrons. The van der Waals surface area contributed by atoms with Crippen molar-refractivity contribution in [3.8, 4) is 11.1 Å². The van der Waals surface area contributed by atoms with E-state index in [1.165, 1.54) is 0 Å². The second-order valence-electron chi connectivity index (χ2n) is 6.88. The molecule has 0 aromatic heterocycles. The number of hydrogen-bond acceptors (Lipinski definition) is 2. The van der Waals surface area contributed by atoms with Crippen LogP contribution < -0.4 is 5.46 Å². The minimum atomic E-state index is -1.22. The van der Waals surface area contributed by atoms with Crippen molar-refractivity contribution in [3.05, 3.63) is 66.5 Å². The van der Waals surface area contributed by atoms with Crippen molar-refractivity contribution in [3.63, 3.8) is 0 Å². The minimum absolute atomic E-state index is 0.0655. The highest BCUT2D eigenvalue weighted by Gasteiger charge is 2.52. The predicted molar refractivity (Wildman–Crippen MR) is 105 cm³/mol. The van der Waals surface area contributed by atoms with Gasteiger partial charge in [-0.3, -0.25) is 0 Å². The van der Waals surface area contributed by atoms with Crippen molar-refractivity contribution in [2.24, 2.45) is 0 Å². The van der Waals surface area contributed by atoms with Crippen LogP contribution in [0, 0.1) is 0 Å². The predicted octanol–water partition coefficient (Wildman–Crippen LogP) is 4.81. The van der Waals surface area contributed by atoms with Crippen LogP contribution in [0.25, 0.3) is 21.9 Å². The molecule has 1 heterocycles. The molecule has 0 saturated carbocycles. The lowest BCUT2D eigenvalue weighted by atomic mass is 9.76. The molecule has 4 rings (SSSR count). The Balaban J connectivity index is 2.17. The van der Waals surface area contributed by atoms with Crippen LogP contribution in [0.15, 0.2) is 66.5 Å². The Kier molecular flexibility index (Phi) is 1.85. The zero-order valence-electron chi connectivity index (χ0n) is 25.4. The molecule has 1 aliphatic rings. The maximum atomic E-state index is 8.85. The van der Waals surface area contributed by atoms with Crippen molar-refractivity contribution in [2.45, 2.75) is 38.9 Å². The van der Waals surface area contributed by atoms with Crippen LogP contribution in [-0.2, 0) is 9.31 Å². The Bertz CT molecular complexity index is 1420. The van der Waals surface area contributed by atoms with Crippen molar-refractivity contribution >= 4 is 23.4 Å². The van der Waals surface area contributed by atoms with E-state index in [0.717, 1.165) is 0 Å². The summed E-state index contributed by atoms with van der Waals surface area (Å²) >= 11 is 0. The van der Waals surface area contributed by atoms with Crippen LogP contribution in [-0.4, -0.2) is 18.3 Å². The zero-order valence-corrected chi connectivity index (χ0v) is 14.4. The Morgan fingerprint density at radius 2 is 1.44 bits per heavy atom. The van der Waals surface area contributed by atoms with Gasteiger partial charge in [0, 0.05) is 0 Å². The van der Waals surface area contributed by atoms with Gasteiger partial charge in [-0.05, 0) is 61.1 Å². The lowest BCUT2D eigenvalue weighted by Crippen LogP contribution is -2.41. The first-order chi connectivity index (χ1) is 16.5. The molecule has 1 saturated heterocycles. The molecule has 3 heteroatoms. The summed E-state index contributed by atoms with van der Waals surface area (Å²) < 4.78 is 104. The van der Waals surface area contributed by atoms with E-state index in [1.807, 2.05) is 0 Å². The van der Waals surface area contributed by atoms with Crippen LogP contribution in [0.1, 0.15) is 42.8 Å². The maximum absolute atomic E-state index is 8.85. The summed E-state index contributed by atoms with van der Waals surface area (Å²) in [7, 11) is -1.22. The maximum Gasteiger partial charge on any atom is 0.495 e. The second kappa shape index (κ2) is 5.72. The molecule has 126 valence electrons. The third kappa shape index (κ3) is 2.78. The van der Waals surface area contributed by atoms with Gasteiger partial charge in [0.05, 0.1) is 26.3 Å². The molecule has 0 spiro atoms. The summed E-state index contributed by atoms with van der Waals surface area (Å²) in [5.41, 5.74) is -2.59. The summed E-state index contributed by atoms with van der Waals surface area (Å²) in [5.74, 6) is 0. The van der Waals surface area contributed by atoms with E-state index in [4.69, 9.17) is 24.4 Å². The van der Waals surface area contributed by atoms with Gasteiger partial charge in [-0.2, -0.15) is 0 Å². The first kappa shape index (κ1) is 8.07. The molecule has 0 aliphatic carbocycles. The topological polar surface area (TPSA) is 18.5 Å². The number of fused-ring (bicyclic) bond motifs is 1. The highest BCUT2D eigenvalue weighted by Crippen LogP contribution is 2.37. The quantitative estimate of drug-likeness (QED) is 0.623. The van der Waals surface area contributed by atoms with Gasteiger partial charge in [0.2, 0.25) is 0 Å². The van der Waals surface area contributed by atoms with Crippen LogP contribution >= 0.6 is 0 Å². The molecule has 0 atom stereocenters. The van der Waals surface area contributed by atoms with Gasteiger partial charge in [0.15, 0.2) is 0 Å². The van der Waals surface area contributed by atoms with Crippen LogP contribution in [0.5, 0.6) is 0 Å². The van der Waals surface area contributed by atoms with Crippen LogP contribution in [0.2, 0.25) is 0 Å². The van der Waals surface area contributed by atoms with E-state index in [0.29, 0.717) is 0 Å². The molecular weight excluding hydrogens is 307 g/mol. The smallest absolute Gasteiger partial charge is 0.399 e. The fraction of sp³-hybridized carbons (Fsp3) is 0.273. The molecule has 0 bridgehead atoms. The van der Waals surface area contributed by atoms with Gasteiger partial charge in [-0.1, -0.05) is 60.4 Å². The van der Waals surface area contributed by atoms with E-state index in [9.17, 15) is 0 Å². The molecule has 25 heavy (non-hydrogen) atoms. The Morgan fingerprint density at radius 1 is 0.760 bits per heavy atom. The van der Waals surface area contributed by atoms with Gasteiger partial charge >= 0.3 is 7.12 Å². The minimum Gasteiger partial charge on any atom is -0.399 e. The first-order valence-electron chi connectivity index (χ1n) is 13.4. The Morgan fingerprint density at radius 3 is 2.12 bits per heavy atom. The average Bonchev–Trinajstić information content (AvgIpc) is 3.01. The summed E-state index contributed by atoms with van der Waals surface area (Å²) in [4.78, 5) is 0. The lowest BCUT2D eigenvalue weighted by Gasteiger charge is -2.32. The molecule has 2 nitrogen and oxygen atoms in total.